The minimum Gasteiger partial charge on any atom is -0.496 e. The van der Waals surface area contributed by atoms with Crippen LogP contribution in [0.5, 0.6) is 5.75 Å². The number of hydrogen-bond donors (Lipinski definition) is 1. The summed E-state index contributed by atoms with van der Waals surface area (Å²) >= 11 is 5.96. The van der Waals surface area contributed by atoms with E-state index in [0.29, 0.717) is 28.5 Å². The first kappa shape index (κ1) is 18.9. The van der Waals surface area contributed by atoms with Crippen molar-refractivity contribution < 1.29 is 14.3 Å². The van der Waals surface area contributed by atoms with Gasteiger partial charge in [0, 0.05) is 23.7 Å². The van der Waals surface area contributed by atoms with Gasteiger partial charge < -0.3 is 9.64 Å². The summed E-state index contributed by atoms with van der Waals surface area (Å²) in [6, 6.07) is 12.4. The number of carbonyl (C=O) groups is 2. The van der Waals surface area contributed by atoms with Crippen molar-refractivity contribution in [3.05, 3.63) is 58.6 Å². The molecule has 1 aliphatic rings. The smallest absolute Gasteiger partial charge is 0.275 e. The zero-order chi connectivity index (χ0) is 19.4. The fourth-order valence-corrected chi connectivity index (χ4v) is 3.09. The maximum Gasteiger partial charge on any atom is 0.275 e. The number of nitrogens with zero attached hydrogens (tertiary/aromatic N) is 2. The normalized spacial score (nSPS) is 14.4. The van der Waals surface area contributed by atoms with Crippen LogP contribution in [0.25, 0.3) is 0 Å². The summed E-state index contributed by atoms with van der Waals surface area (Å²) < 4.78 is 5.18. The minimum absolute atomic E-state index is 0.149. The number of nitrogens with one attached hydrogen (secondary N) is 1. The van der Waals surface area contributed by atoms with Crippen LogP contribution in [0.1, 0.15) is 35.7 Å². The third-order valence-electron chi connectivity index (χ3n) is 4.40. The van der Waals surface area contributed by atoms with Gasteiger partial charge in [-0.2, -0.15) is 5.10 Å². The molecule has 7 heteroatoms. The van der Waals surface area contributed by atoms with Gasteiger partial charge in [0.25, 0.3) is 5.91 Å². The molecule has 1 aliphatic heterocycles. The van der Waals surface area contributed by atoms with Crippen LogP contribution in [-0.2, 0) is 4.79 Å². The molecule has 0 unspecified atom stereocenters. The van der Waals surface area contributed by atoms with E-state index < -0.39 is 5.91 Å². The number of halogens is 1. The molecule has 0 spiro atoms. The topological polar surface area (TPSA) is 71.0 Å². The van der Waals surface area contributed by atoms with Gasteiger partial charge in [0.15, 0.2) is 0 Å². The predicted octanol–water partition coefficient (Wildman–Crippen LogP) is 3.63. The fraction of sp³-hybridized carbons (Fsp3) is 0.250. The lowest BCUT2D eigenvalue weighted by molar-refractivity contribution is -0.117. The molecule has 2 amide bonds. The van der Waals surface area contributed by atoms with E-state index in [1.165, 1.54) is 13.2 Å². The van der Waals surface area contributed by atoms with Gasteiger partial charge in [0.05, 0.1) is 18.4 Å². The average Bonchev–Trinajstić information content (AvgIpc) is 3.11. The van der Waals surface area contributed by atoms with E-state index in [9.17, 15) is 9.59 Å². The highest BCUT2D eigenvalue weighted by molar-refractivity contribution is 6.31. The Morgan fingerprint density at radius 1 is 1.22 bits per heavy atom. The van der Waals surface area contributed by atoms with Crippen molar-refractivity contribution in [1.82, 2.24) is 5.43 Å². The second kappa shape index (κ2) is 8.22. The van der Waals surface area contributed by atoms with E-state index in [2.05, 4.69) is 10.5 Å². The van der Waals surface area contributed by atoms with Gasteiger partial charge in [-0.1, -0.05) is 23.7 Å². The second-order valence-electron chi connectivity index (χ2n) is 6.18. The number of methoxy groups -OCH3 is 1. The standard InChI is InChI=1S/C20H20ClN3O3/c1-13(14-5-8-16(9-6-14)24-11-3-4-19(24)25)22-23-20(26)17-12-15(21)7-10-18(17)27-2/h5-10,12H,3-4,11H2,1-2H3,(H,23,26)/b22-13-. The van der Waals surface area contributed by atoms with Gasteiger partial charge in [-0.3, -0.25) is 9.59 Å². The summed E-state index contributed by atoms with van der Waals surface area (Å²) in [6.45, 7) is 2.55. The maximum atomic E-state index is 12.4. The fourth-order valence-electron chi connectivity index (χ4n) is 2.92. The highest BCUT2D eigenvalue weighted by Crippen LogP contribution is 2.23. The molecule has 27 heavy (non-hydrogen) atoms. The van der Waals surface area contributed by atoms with Crippen LogP contribution in [0.2, 0.25) is 5.02 Å². The Balaban J connectivity index is 1.71. The van der Waals surface area contributed by atoms with Crippen LogP contribution in [0.4, 0.5) is 5.69 Å². The molecular formula is C20H20ClN3O3. The van der Waals surface area contributed by atoms with E-state index in [1.54, 1.807) is 24.0 Å². The lowest BCUT2D eigenvalue weighted by Crippen LogP contribution is -2.23. The molecule has 1 N–H and O–H groups in total. The largest absolute Gasteiger partial charge is 0.496 e. The van der Waals surface area contributed by atoms with Crippen molar-refractivity contribution in [2.45, 2.75) is 19.8 Å². The Morgan fingerprint density at radius 2 is 1.96 bits per heavy atom. The van der Waals surface area contributed by atoms with Crippen molar-refractivity contribution in [3.8, 4) is 5.75 Å². The number of rotatable bonds is 5. The Labute approximate surface area is 162 Å². The first-order valence-electron chi connectivity index (χ1n) is 8.58. The molecule has 0 saturated carbocycles. The number of amides is 2. The van der Waals surface area contributed by atoms with E-state index in [-0.39, 0.29) is 5.91 Å². The first-order valence-corrected chi connectivity index (χ1v) is 8.96. The monoisotopic (exact) mass is 385 g/mol. The van der Waals surface area contributed by atoms with Crippen molar-refractivity contribution >= 4 is 34.8 Å². The molecule has 1 heterocycles. The molecule has 0 aromatic heterocycles. The zero-order valence-electron chi connectivity index (χ0n) is 15.2. The van der Waals surface area contributed by atoms with E-state index in [4.69, 9.17) is 16.3 Å². The lowest BCUT2D eigenvalue weighted by atomic mass is 10.1. The highest BCUT2D eigenvalue weighted by atomic mass is 35.5. The molecule has 1 fully saturated rings. The summed E-state index contributed by atoms with van der Waals surface area (Å²) in [4.78, 5) is 26.0. The molecule has 2 aromatic carbocycles. The summed E-state index contributed by atoms with van der Waals surface area (Å²) in [5, 5.41) is 4.59. The molecule has 1 saturated heterocycles. The molecule has 3 rings (SSSR count). The Bertz CT molecular complexity index is 894. The molecule has 0 radical (unpaired) electrons. The summed E-state index contributed by atoms with van der Waals surface area (Å²) in [5.74, 6) is 0.160. The van der Waals surface area contributed by atoms with E-state index in [1.807, 2.05) is 24.3 Å². The van der Waals surface area contributed by atoms with E-state index in [0.717, 1.165) is 24.2 Å². The van der Waals surface area contributed by atoms with Crippen molar-refractivity contribution in [1.29, 1.82) is 0 Å². The average molecular weight is 386 g/mol. The summed E-state index contributed by atoms with van der Waals surface area (Å²) in [7, 11) is 1.49. The van der Waals surface area contributed by atoms with Crippen molar-refractivity contribution in [2.24, 2.45) is 5.10 Å². The molecule has 6 nitrogen and oxygen atoms in total. The number of anilines is 1. The first-order chi connectivity index (χ1) is 13.0. The number of hydrazone groups is 1. The van der Waals surface area contributed by atoms with Crippen LogP contribution < -0.4 is 15.1 Å². The molecule has 0 aliphatic carbocycles. The molecule has 2 aromatic rings. The van der Waals surface area contributed by atoms with Crippen LogP contribution in [0, 0.1) is 0 Å². The number of hydrogen-bond acceptors (Lipinski definition) is 4. The second-order valence-corrected chi connectivity index (χ2v) is 6.61. The number of ether oxygens (including phenoxy) is 1. The highest BCUT2D eigenvalue weighted by Gasteiger charge is 2.21. The van der Waals surface area contributed by atoms with E-state index >= 15 is 0 Å². The summed E-state index contributed by atoms with van der Waals surface area (Å²) in [6.07, 6.45) is 1.49. The molecule has 140 valence electrons. The Kier molecular flexibility index (Phi) is 5.76. The van der Waals surface area contributed by atoms with Crippen LogP contribution >= 0.6 is 11.6 Å². The van der Waals surface area contributed by atoms with Crippen molar-refractivity contribution in [2.75, 3.05) is 18.6 Å². The van der Waals surface area contributed by atoms with Crippen LogP contribution in [0.15, 0.2) is 47.6 Å². The van der Waals surface area contributed by atoms with Gasteiger partial charge in [0.1, 0.15) is 5.75 Å². The van der Waals surface area contributed by atoms with Gasteiger partial charge in [0.2, 0.25) is 5.91 Å². The van der Waals surface area contributed by atoms with Crippen molar-refractivity contribution in [3.63, 3.8) is 0 Å². The summed E-state index contributed by atoms with van der Waals surface area (Å²) in [5.41, 5.74) is 5.20. The molecular weight excluding hydrogens is 366 g/mol. The SMILES string of the molecule is COc1ccc(Cl)cc1C(=O)N/N=C(/C)c1ccc(N2CCCC2=O)cc1. The zero-order valence-corrected chi connectivity index (χ0v) is 15.9. The molecule has 0 atom stereocenters. The number of carbonyl (C=O) groups excluding carboxylic acids is 2. The lowest BCUT2D eigenvalue weighted by Gasteiger charge is -2.15. The number of benzene rings is 2. The van der Waals surface area contributed by atoms with Gasteiger partial charge in [-0.05, 0) is 49.2 Å². The third kappa shape index (κ3) is 4.28. The minimum atomic E-state index is -0.409. The molecule has 0 bridgehead atoms. The Morgan fingerprint density at radius 3 is 2.59 bits per heavy atom. The Hall–Kier alpha value is -2.86. The van der Waals surface area contributed by atoms with Gasteiger partial charge >= 0.3 is 0 Å². The van der Waals surface area contributed by atoms with Crippen LogP contribution in [-0.4, -0.2) is 31.2 Å². The third-order valence-corrected chi connectivity index (χ3v) is 4.64. The van der Waals surface area contributed by atoms with Gasteiger partial charge in [-0.25, -0.2) is 5.43 Å². The van der Waals surface area contributed by atoms with Crippen LogP contribution in [0.3, 0.4) is 0 Å². The predicted molar refractivity (Wildman–Crippen MR) is 106 cm³/mol. The maximum absolute atomic E-state index is 12.4. The quantitative estimate of drug-likeness (QED) is 0.631. The van der Waals surface area contributed by atoms with Gasteiger partial charge in [-0.15, -0.1) is 0 Å².